The molecule has 3 aromatic rings. The summed E-state index contributed by atoms with van der Waals surface area (Å²) in [6, 6.07) is 14.6. The summed E-state index contributed by atoms with van der Waals surface area (Å²) in [5.41, 5.74) is 2.85. The number of aromatic nitrogens is 1. The standard InChI is InChI=1S/C24H29N3O3/c1-29-13-5-4-8-23(25)26-24(28)17-9-10-20-19-6-2-3-7-21(19)27(22(20)16-17)18-11-14-30-15-12-18/h2-3,6-7,9-10,16,18H,4-5,8,11-15H2,1H3,(H2,25,26,28). The van der Waals surface area contributed by atoms with Gasteiger partial charge in [0.2, 0.25) is 0 Å². The Hall–Kier alpha value is -2.70. The molecule has 1 aliphatic heterocycles. The van der Waals surface area contributed by atoms with Crippen LogP contribution in [0.1, 0.15) is 48.5 Å². The second kappa shape index (κ2) is 9.41. The van der Waals surface area contributed by atoms with Crippen molar-refractivity contribution in [2.45, 2.75) is 38.1 Å². The lowest BCUT2D eigenvalue weighted by atomic mass is 10.1. The van der Waals surface area contributed by atoms with Gasteiger partial charge in [-0.2, -0.15) is 0 Å². The Morgan fingerprint density at radius 3 is 2.70 bits per heavy atom. The van der Waals surface area contributed by atoms with E-state index < -0.39 is 0 Å². The van der Waals surface area contributed by atoms with Gasteiger partial charge < -0.3 is 19.4 Å². The summed E-state index contributed by atoms with van der Waals surface area (Å²) in [6.45, 7) is 2.20. The Labute approximate surface area is 176 Å². The first kappa shape index (κ1) is 20.6. The zero-order valence-electron chi connectivity index (χ0n) is 17.4. The molecule has 6 nitrogen and oxygen atoms in total. The predicted molar refractivity (Wildman–Crippen MR) is 119 cm³/mol. The smallest absolute Gasteiger partial charge is 0.256 e. The number of amidine groups is 1. The molecular weight excluding hydrogens is 378 g/mol. The number of carbonyl (C=O) groups excluding carboxylic acids is 1. The molecule has 4 rings (SSSR count). The number of ether oxygens (including phenoxy) is 2. The monoisotopic (exact) mass is 407 g/mol. The lowest BCUT2D eigenvalue weighted by molar-refractivity contribution is 0.0717. The molecule has 0 bridgehead atoms. The summed E-state index contributed by atoms with van der Waals surface area (Å²) in [5, 5.41) is 13.2. The normalized spacial score (nSPS) is 15.0. The second-order valence-electron chi connectivity index (χ2n) is 7.85. The molecule has 0 aliphatic carbocycles. The fourth-order valence-corrected chi connectivity index (χ4v) is 4.30. The van der Waals surface area contributed by atoms with Gasteiger partial charge >= 0.3 is 0 Å². The van der Waals surface area contributed by atoms with Gasteiger partial charge in [-0.1, -0.05) is 24.3 Å². The van der Waals surface area contributed by atoms with E-state index in [0.717, 1.165) is 49.8 Å². The van der Waals surface area contributed by atoms with Crippen molar-refractivity contribution in [2.75, 3.05) is 26.9 Å². The highest BCUT2D eigenvalue weighted by atomic mass is 16.5. The molecule has 2 heterocycles. The Bertz CT molecular complexity index is 1050. The number of nitrogens with one attached hydrogen (secondary N) is 2. The number of unbranched alkanes of at least 4 members (excludes halogenated alkanes) is 1. The number of hydrogen-bond donors (Lipinski definition) is 2. The minimum absolute atomic E-state index is 0.225. The number of para-hydroxylation sites is 1. The van der Waals surface area contributed by atoms with Gasteiger partial charge in [-0.15, -0.1) is 0 Å². The molecule has 6 heteroatoms. The highest BCUT2D eigenvalue weighted by Crippen LogP contribution is 2.35. The summed E-state index contributed by atoms with van der Waals surface area (Å²) >= 11 is 0. The molecule has 0 saturated carbocycles. The SMILES string of the molecule is COCCCCC(=N)NC(=O)c1ccc2c3ccccc3n(C3CCOCC3)c2c1. The molecule has 30 heavy (non-hydrogen) atoms. The van der Waals surface area contributed by atoms with Crippen molar-refractivity contribution in [1.82, 2.24) is 9.88 Å². The van der Waals surface area contributed by atoms with Gasteiger partial charge in [0.05, 0.1) is 5.52 Å². The van der Waals surface area contributed by atoms with Gasteiger partial charge in [0.15, 0.2) is 0 Å². The van der Waals surface area contributed by atoms with Crippen molar-refractivity contribution in [1.29, 1.82) is 5.41 Å². The molecule has 1 fully saturated rings. The first-order valence-corrected chi connectivity index (χ1v) is 10.7. The predicted octanol–water partition coefficient (Wildman–Crippen LogP) is 4.67. The molecule has 158 valence electrons. The lowest BCUT2D eigenvalue weighted by Gasteiger charge is -2.25. The van der Waals surface area contributed by atoms with Crippen LogP contribution in [0.4, 0.5) is 0 Å². The molecule has 0 radical (unpaired) electrons. The third-order valence-corrected chi connectivity index (χ3v) is 5.82. The fraction of sp³-hybridized carbons (Fsp3) is 0.417. The average Bonchev–Trinajstić information content (AvgIpc) is 3.11. The third kappa shape index (κ3) is 4.25. The maximum Gasteiger partial charge on any atom is 0.256 e. The number of hydrogen-bond acceptors (Lipinski definition) is 4. The zero-order valence-corrected chi connectivity index (χ0v) is 17.4. The highest BCUT2D eigenvalue weighted by Gasteiger charge is 2.21. The quantitative estimate of drug-likeness (QED) is 0.339. The van der Waals surface area contributed by atoms with Crippen LogP contribution in [0.5, 0.6) is 0 Å². The zero-order chi connectivity index (χ0) is 20.9. The van der Waals surface area contributed by atoms with E-state index in [1.165, 1.54) is 10.9 Å². The van der Waals surface area contributed by atoms with Crippen molar-refractivity contribution >= 4 is 33.5 Å². The van der Waals surface area contributed by atoms with E-state index >= 15 is 0 Å². The van der Waals surface area contributed by atoms with Crippen LogP contribution in [0.2, 0.25) is 0 Å². The summed E-state index contributed by atoms with van der Waals surface area (Å²) < 4.78 is 13.0. The largest absolute Gasteiger partial charge is 0.385 e. The number of amides is 1. The lowest BCUT2D eigenvalue weighted by Crippen LogP contribution is -2.29. The first-order valence-electron chi connectivity index (χ1n) is 10.7. The maximum absolute atomic E-state index is 12.8. The molecule has 1 aromatic heterocycles. The van der Waals surface area contributed by atoms with Crippen molar-refractivity contribution in [2.24, 2.45) is 0 Å². The fourth-order valence-electron chi connectivity index (χ4n) is 4.30. The van der Waals surface area contributed by atoms with Gasteiger partial charge in [-0.25, -0.2) is 0 Å². The Kier molecular flexibility index (Phi) is 6.45. The molecule has 2 aromatic carbocycles. The van der Waals surface area contributed by atoms with E-state index in [9.17, 15) is 4.79 Å². The van der Waals surface area contributed by atoms with Crippen LogP contribution < -0.4 is 5.32 Å². The van der Waals surface area contributed by atoms with Crippen LogP contribution in [0, 0.1) is 5.41 Å². The Morgan fingerprint density at radius 2 is 1.90 bits per heavy atom. The molecule has 0 unspecified atom stereocenters. The summed E-state index contributed by atoms with van der Waals surface area (Å²) in [7, 11) is 1.67. The summed E-state index contributed by atoms with van der Waals surface area (Å²) in [6.07, 6.45) is 4.18. The van der Waals surface area contributed by atoms with Gasteiger partial charge in [0.1, 0.15) is 5.84 Å². The minimum Gasteiger partial charge on any atom is -0.385 e. The van der Waals surface area contributed by atoms with Gasteiger partial charge in [0.25, 0.3) is 5.91 Å². The Morgan fingerprint density at radius 1 is 1.13 bits per heavy atom. The topological polar surface area (TPSA) is 76.3 Å². The summed E-state index contributed by atoms with van der Waals surface area (Å²) in [5.74, 6) is 0.0265. The molecule has 1 saturated heterocycles. The molecule has 1 amide bonds. The molecular formula is C24H29N3O3. The first-order chi connectivity index (χ1) is 14.7. The van der Waals surface area contributed by atoms with Gasteiger partial charge in [0, 0.05) is 61.2 Å². The van der Waals surface area contributed by atoms with E-state index in [2.05, 4.69) is 34.1 Å². The van der Waals surface area contributed by atoms with Crippen LogP contribution in [0.25, 0.3) is 21.8 Å². The van der Waals surface area contributed by atoms with Crippen LogP contribution >= 0.6 is 0 Å². The van der Waals surface area contributed by atoms with Gasteiger partial charge in [-0.3, -0.25) is 10.2 Å². The maximum atomic E-state index is 12.8. The van der Waals surface area contributed by atoms with Crippen LogP contribution in [0.15, 0.2) is 42.5 Å². The minimum atomic E-state index is -0.225. The highest BCUT2D eigenvalue weighted by molar-refractivity contribution is 6.12. The third-order valence-electron chi connectivity index (χ3n) is 5.82. The number of carbonyl (C=O) groups is 1. The molecule has 2 N–H and O–H groups in total. The number of fused-ring (bicyclic) bond motifs is 3. The molecule has 1 aliphatic rings. The number of rotatable bonds is 7. The van der Waals surface area contributed by atoms with Crippen LogP contribution in [-0.2, 0) is 9.47 Å². The van der Waals surface area contributed by atoms with Crippen molar-refractivity contribution in [3.63, 3.8) is 0 Å². The van der Waals surface area contributed by atoms with E-state index in [-0.39, 0.29) is 11.7 Å². The van der Waals surface area contributed by atoms with E-state index in [1.54, 1.807) is 7.11 Å². The van der Waals surface area contributed by atoms with E-state index in [0.29, 0.717) is 24.6 Å². The van der Waals surface area contributed by atoms with Crippen molar-refractivity contribution in [3.05, 3.63) is 48.0 Å². The van der Waals surface area contributed by atoms with Gasteiger partial charge in [-0.05, 0) is 43.9 Å². The average molecular weight is 408 g/mol. The number of benzene rings is 2. The van der Waals surface area contributed by atoms with Crippen LogP contribution in [0.3, 0.4) is 0 Å². The van der Waals surface area contributed by atoms with Crippen LogP contribution in [-0.4, -0.2) is 43.2 Å². The van der Waals surface area contributed by atoms with E-state index in [1.807, 2.05) is 18.2 Å². The summed E-state index contributed by atoms with van der Waals surface area (Å²) in [4.78, 5) is 12.8. The Balaban J connectivity index is 1.62. The van der Waals surface area contributed by atoms with E-state index in [4.69, 9.17) is 14.9 Å². The second-order valence-corrected chi connectivity index (χ2v) is 7.85. The number of nitrogens with zero attached hydrogens (tertiary/aromatic N) is 1. The van der Waals surface area contributed by atoms with Crippen molar-refractivity contribution < 1.29 is 14.3 Å². The molecule has 0 spiro atoms. The van der Waals surface area contributed by atoms with Crippen molar-refractivity contribution in [3.8, 4) is 0 Å². The molecule has 0 atom stereocenters. The number of methoxy groups -OCH3 is 1.